The molecule has 0 bridgehead atoms. The average Bonchev–Trinajstić information content (AvgIpc) is 3.16. The van der Waals surface area contributed by atoms with E-state index in [0.29, 0.717) is 38.2 Å². The van der Waals surface area contributed by atoms with E-state index in [-0.39, 0.29) is 24.0 Å². The lowest BCUT2D eigenvalue weighted by Crippen LogP contribution is -2.42. The number of nitrogens with zero attached hydrogens (tertiary/aromatic N) is 2. The SMILES string of the molecule is COC(=O)CCCCNC(=O)c1cccn1C1CCN(C(=O)OC(C)(C)C)CC1. The molecule has 1 N–H and O–H groups in total. The molecule has 0 saturated carbocycles. The zero-order chi connectivity index (χ0) is 21.4. The average molecular weight is 408 g/mol. The quantitative estimate of drug-likeness (QED) is 0.554. The summed E-state index contributed by atoms with van der Waals surface area (Å²) in [5, 5.41) is 2.91. The van der Waals surface area contributed by atoms with E-state index in [1.54, 1.807) is 4.90 Å². The van der Waals surface area contributed by atoms with Gasteiger partial charge in [-0.1, -0.05) is 0 Å². The molecule has 1 aliphatic rings. The van der Waals surface area contributed by atoms with Crippen LogP contribution in [-0.4, -0.2) is 59.8 Å². The van der Waals surface area contributed by atoms with Crippen LogP contribution in [0.1, 0.15) is 69.4 Å². The Hall–Kier alpha value is -2.51. The highest BCUT2D eigenvalue weighted by atomic mass is 16.6. The van der Waals surface area contributed by atoms with Crippen LogP contribution >= 0.6 is 0 Å². The lowest BCUT2D eigenvalue weighted by molar-refractivity contribution is -0.140. The minimum Gasteiger partial charge on any atom is -0.469 e. The van der Waals surface area contributed by atoms with E-state index in [0.717, 1.165) is 19.3 Å². The number of likely N-dealkylation sites (tertiary alicyclic amines) is 1. The van der Waals surface area contributed by atoms with Crippen molar-refractivity contribution < 1.29 is 23.9 Å². The highest BCUT2D eigenvalue weighted by Gasteiger charge is 2.28. The number of amides is 2. The van der Waals surface area contributed by atoms with Crippen molar-refractivity contribution >= 4 is 18.0 Å². The number of hydrogen-bond donors (Lipinski definition) is 1. The molecule has 0 radical (unpaired) electrons. The number of carbonyl (C=O) groups excluding carboxylic acids is 3. The molecule has 8 heteroatoms. The third-order valence-electron chi connectivity index (χ3n) is 4.84. The van der Waals surface area contributed by atoms with Crippen molar-refractivity contribution in [1.29, 1.82) is 0 Å². The summed E-state index contributed by atoms with van der Waals surface area (Å²) in [4.78, 5) is 37.6. The number of unbranched alkanes of at least 4 members (excludes halogenated alkanes) is 1. The molecule has 29 heavy (non-hydrogen) atoms. The molecule has 1 aliphatic heterocycles. The molecule has 8 nitrogen and oxygen atoms in total. The number of carbonyl (C=O) groups is 3. The predicted octanol–water partition coefficient (Wildman–Crippen LogP) is 3.13. The standard InChI is InChI=1S/C21H33N3O5/c1-21(2,3)29-20(27)23-14-10-16(11-15-23)24-13-7-8-17(24)19(26)22-12-6-5-9-18(25)28-4/h7-8,13,16H,5-6,9-12,14-15H2,1-4H3,(H,22,26). The van der Waals surface area contributed by atoms with Crippen molar-refractivity contribution in [3.05, 3.63) is 24.0 Å². The topological polar surface area (TPSA) is 89.9 Å². The Morgan fingerprint density at radius 1 is 1.17 bits per heavy atom. The Morgan fingerprint density at radius 3 is 2.48 bits per heavy atom. The fourth-order valence-corrected chi connectivity index (χ4v) is 3.35. The first-order valence-corrected chi connectivity index (χ1v) is 10.2. The molecule has 1 saturated heterocycles. The zero-order valence-corrected chi connectivity index (χ0v) is 17.9. The van der Waals surface area contributed by atoms with Crippen LogP contribution < -0.4 is 5.32 Å². The molecule has 1 fully saturated rings. The molecule has 0 spiro atoms. The van der Waals surface area contributed by atoms with Gasteiger partial charge >= 0.3 is 12.1 Å². The van der Waals surface area contributed by atoms with Crippen molar-refractivity contribution in [2.75, 3.05) is 26.7 Å². The predicted molar refractivity (Wildman–Crippen MR) is 109 cm³/mol. The molecular formula is C21H33N3O5. The van der Waals surface area contributed by atoms with E-state index < -0.39 is 5.60 Å². The van der Waals surface area contributed by atoms with E-state index >= 15 is 0 Å². The van der Waals surface area contributed by atoms with Crippen molar-refractivity contribution in [2.24, 2.45) is 0 Å². The van der Waals surface area contributed by atoms with Crippen LogP contribution in [0.2, 0.25) is 0 Å². The second-order valence-corrected chi connectivity index (χ2v) is 8.29. The van der Waals surface area contributed by atoms with Gasteiger partial charge in [0, 0.05) is 38.3 Å². The number of nitrogens with one attached hydrogen (secondary N) is 1. The number of piperidine rings is 1. The van der Waals surface area contributed by atoms with Crippen LogP contribution in [0.15, 0.2) is 18.3 Å². The molecular weight excluding hydrogens is 374 g/mol. The molecule has 0 atom stereocenters. The van der Waals surface area contributed by atoms with E-state index in [1.807, 2.05) is 43.7 Å². The lowest BCUT2D eigenvalue weighted by Gasteiger charge is -2.34. The van der Waals surface area contributed by atoms with Gasteiger partial charge in [-0.2, -0.15) is 0 Å². The lowest BCUT2D eigenvalue weighted by atomic mass is 10.0. The van der Waals surface area contributed by atoms with Gasteiger partial charge in [0.1, 0.15) is 11.3 Å². The number of esters is 1. The molecule has 0 aromatic carbocycles. The normalized spacial score (nSPS) is 15.1. The molecule has 0 aliphatic carbocycles. The van der Waals surface area contributed by atoms with Gasteiger partial charge in [-0.25, -0.2) is 4.79 Å². The van der Waals surface area contributed by atoms with Crippen LogP contribution in [0, 0.1) is 0 Å². The zero-order valence-electron chi connectivity index (χ0n) is 17.9. The largest absolute Gasteiger partial charge is 0.469 e. The number of rotatable bonds is 7. The van der Waals surface area contributed by atoms with Crippen molar-refractivity contribution in [1.82, 2.24) is 14.8 Å². The second-order valence-electron chi connectivity index (χ2n) is 8.29. The minimum absolute atomic E-state index is 0.123. The Bertz CT molecular complexity index is 699. The van der Waals surface area contributed by atoms with Gasteiger partial charge in [0.15, 0.2) is 0 Å². The third kappa shape index (κ3) is 7.11. The van der Waals surface area contributed by atoms with E-state index in [2.05, 4.69) is 10.1 Å². The molecule has 1 aromatic heterocycles. The van der Waals surface area contributed by atoms with Crippen LogP contribution in [0.3, 0.4) is 0 Å². The Labute approximate surface area is 172 Å². The summed E-state index contributed by atoms with van der Waals surface area (Å²) in [5.41, 5.74) is 0.116. The monoisotopic (exact) mass is 407 g/mol. The summed E-state index contributed by atoms with van der Waals surface area (Å²) in [6.07, 6.45) is 4.93. The smallest absolute Gasteiger partial charge is 0.410 e. The maximum absolute atomic E-state index is 12.5. The number of methoxy groups -OCH3 is 1. The first-order chi connectivity index (χ1) is 13.7. The van der Waals surface area contributed by atoms with Gasteiger partial charge in [-0.15, -0.1) is 0 Å². The maximum Gasteiger partial charge on any atom is 0.410 e. The van der Waals surface area contributed by atoms with Gasteiger partial charge in [0.05, 0.1) is 7.11 Å². The summed E-state index contributed by atoms with van der Waals surface area (Å²) in [6, 6.07) is 3.85. The summed E-state index contributed by atoms with van der Waals surface area (Å²) in [6.45, 7) is 7.30. The molecule has 2 heterocycles. The van der Waals surface area contributed by atoms with E-state index in [9.17, 15) is 14.4 Å². The van der Waals surface area contributed by atoms with Gasteiger partial charge in [0.2, 0.25) is 0 Å². The highest BCUT2D eigenvalue weighted by molar-refractivity contribution is 5.92. The van der Waals surface area contributed by atoms with Crippen LogP contribution in [-0.2, 0) is 14.3 Å². The van der Waals surface area contributed by atoms with Crippen molar-refractivity contribution in [2.45, 2.75) is 64.5 Å². The Morgan fingerprint density at radius 2 is 1.86 bits per heavy atom. The van der Waals surface area contributed by atoms with Gasteiger partial charge < -0.3 is 24.3 Å². The molecule has 162 valence electrons. The molecule has 2 amide bonds. The third-order valence-corrected chi connectivity index (χ3v) is 4.84. The van der Waals surface area contributed by atoms with Crippen LogP contribution in [0.4, 0.5) is 4.79 Å². The first-order valence-electron chi connectivity index (χ1n) is 10.2. The number of hydrogen-bond acceptors (Lipinski definition) is 5. The summed E-state index contributed by atoms with van der Waals surface area (Å²) >= 11 is 0. The molecule has 0 unspecified atom stereocenters. The van der Waals surface area contributed by atoms with Crippen molar-refractivity contribution in [3.8, 4) is 0 Å². The first kappa shape index (κ1) is 22.8. The van der Waals surface area contributed by atoms with Crippen LogP contribution in [0.5, 0.6) is 0 Å². The fraction of sp³-hybridized carbons (Fsp3) is 0.667. The highest BCUT2D eigenvalue weighted by Crippen LogP contribution is 2.25. The summed E-state index contributed by atoms with van der Waals surface area (Å²) in [5.74, 6) is -0.356. The number of aromatic nitrogens is 1. The van der Waals surface area contributed by atoms with E-state index in [4.69, 9.17) is 4.74 Å². The maximum atomic E-state index is 12.5. The molecule has 1 aromatic rings. The van der Waals surface area contributed by atoms with Gasteiger partial charge in [0.25, 0.3) is 5.91 Å². The minimum atomic E-state index is -0.504. The fourth-order valence-electron chi connectivity index (χ4n) is 3.35. The Balaban J connectivity index is 1.82. The Kier molecular flexibility index (Phi) is 8.10. The summed E-state index contributed by atoms with van der Waals surface area (Å²) in [7, 11) is 1.37. The molecule has 2 rings (SSSR count). The van der Waals surface area contributed by atoms with Gasteiger partial charge in [-0.3, -0.25) is 9.59 Å². The van der Waals surface area contributed by atoms with Crippen LogP contribution in [0.25, 0.3) is 0 Å². The van der Waals surface area contributed by atoms with Crippen molar-refractivity contribution in [3.63, 3.8) is 0 Å². The summed E-state index contributed by atoms with van der Waals surface area (Å²) < 4.78 is 12.0. The second kappa shape index (κ2) is 10.3. The van der Waals surface area contributed by atoms with E-state index in [1.165, 1.54) is 7.11 Å². The number of ether oxygens (including phenoxy) is 2. The van der Waals surface area contributed by atoms with Gasteiger partial charge in [-0.05, 0) is 58.6 Å².